The molecule has 2 aromatic rings. The Morgan fingerprint density at radius 3 is 2.65 bits per heavy atom. The monoisotopic (exact) mass is 267 g/mol. The molecule has 5 heteroatoms. The predicted octanol–water partition coefficient (Wildman–Crippen LogP) is 2.02. The van der Waals surface area contributed by atoms with Crippen molar-refractivity contribution in [3.8, 4) is 0 Å². The maximum atomic E-state index is 12.1. The Hall–Kier alpha value is -2.82. The van der Waals surface area contributed by atoms with E-state index in [9.17, 15) is 9.59 Å². The lowest BCUT2D eigenvalue weighted by Gasteiger charge is -2.07. The van der Waals surface area contributed by atoms with Gasteiger partial charge in [-0.1, -0.05) is 6.07 Å². The van der Waals surface area contributed by atoms with Crippen molar-refractivity contribution in [1.82, 2.24) is 0 Å². The Morgan fingerprint density at radius 2 is 1.90 bits per heavy atom. The number of rotatable bonds is 2. The molecule has 0 fully saturated rings. The maximum absolute atomic E-state index is 12.1. The molecule has 3 rings (SSSR count). The highest BCUT2D eigenvalue weighted by molar-refractivity contribution is 6.07. The predicted molar refractivity (Wildman–Crippen MR) is 77.6 cm³/mol. The van der Waals surface area contributed by atoms with E-state index in [0.717, 1.165) is 5.56 Å². The zero-order valence-corrected chi connectivity index (χ0v) is 10.6. The van der Waals surface area contributed by atoms with Crippen LogP contribution >= 0.6 is 0 Å². The first kappa shape index (κ1) is 12.2. The SMILES string of the molecule is Nc1ccc(NC(=O)c2ccc3c(c2)NC(=O)C3)cc1. The fraction of sp³-hybridized carbons (Fsp3) is 0.0667. The highest BCUT2D eigenvalue weighted by Gasteiger charge is 2.19. The summed E-state index contributed by atoms with van der Waals surface area (Å²) in [7, 11) is 0. The molecule has 1 aliphatic heterocycles. The largest absolute Gasteiger partial charge is 0.399 e. The standard InChI is InChI=1S/C15H13N3O2/c16-11-3-5-12(6-4-11)17-15(20)10-2-1-9-8-14(19)18-13(9)7-10/h1-7H,8,16H2,(H,17,20)(H,18,19). The lowest BCUT2D eigenvalue weighted by atomic mass is 10.1. The molecule has 0 saturated carbocycles. The van der Waals surface area contributed by atoms with Gasteiger partial charge in [-0.2, -0.15) is 0 Å². The van der Waals surface area contributed by atoms with Gasteiger partial charge in [0.2, 0.25) is 5.91 Å². The number of hydrogen-bond donors (Lipinski definition) is 3. The number of fused-ring (bicyclic) bond motifs is 1. The minimum atomic E-state index is -0.223. The normalized spacial score (nSPS) is 12.7. The Bertz CT molecular complexity index is 693. The van der Waals surface area contributed by atoms with Gasteiger partial charge in [0.25, 0.3) is 5.91 Å². The van der Waals surface area contributed by atoms with E-state index in [1.807, 2.05) is 0 Å². The van der Waals surface area contributed by atoms with Crippen LogP contribution in [0.5, 0.6) is 0 Å². The number of amides is 2. The van der Waals surface area contributed by atoms with Gasteiger partial charge in [-0.15, -0.1) is 0 Å². The number of benzene rings is 2. The summed E-state index contributed by atoms with van der Waals surface area (Å²) in [6.45, 7) is 0. The number of nitrogens with two attached hydrogens (primary N) is 1. The van der Waals surface area contributed by atoms with Gasteiger partial charge in [-0.05, 0) is 42.0 Å². The van der Waals surface area contributed by atoms with Gasteiger partial charge >= 0.3 is 0 Å². The maximum Gasteiger partial charge on any atom is 0.255 e. The van der Waals surface area contributed by atoms with Crippen LogP contribution in [0.3, 0.4) is 0 Å². The van der Waals surface area contributed by atoms with E-state index in [1.165, 1.54) is 0 Å². The Kier molecular flexibility index (Phi) is 2.87. The van der Waals surface area contributed by atoms with Crippen molar-refractivity contribution in [1.29, 1.82) is 0 Å². The van der Waals surface area contributed by atoms with Crippen LogP contribution in [0.15, 0.2) is 42.5 Å². The Labute approximate surface area is 115 Å². The molecule has 20 heavy (non-hydrogen) atoms. The summed E-state index contributed by atoms with van der Waals surface area (Å²) >= 11 is 0. The number of nitrogen functional groups attached to an aromatic ring is 1. The van der Waals surface area contributed by atoms with Crippen LogP contribution in [0.4, 0.5) is 17.1 Å². The zero-order valence-electron chi connectivity index (χ0n) is 10.6. The molecule has 1 heterocycles. The molecule has 2 aromatic carbocycles. The van der Waals surface area contributed by atoms with E-state index < -0.39 is 0 Å². The van der Waals surface area contributed by atoms with Crippen LogP contribution in [0.1, 0.15) is 15.9 Å². The van der Waals surface area contributed by atoms with Gasteiger partial charge in [0, 0.05) is 22.6 Å². The third-order valence-corrected chi connectivity index (χ3v) is 3.17. The molecule has 0 unspecified atom stereocenters. The Balaban J connectivity index is 1.79. The highest BCUT2D eigenvalue weighted by atomic mass is 16.2. The highest BCUT2D eigenvalue weighted by Crippen LogP contribution is 2.24. The first-order chi connectivity index (χ1) is 9.61. The average molecular weight is 267 g/mol. The molecule has 0 bridgehead atoms. The van der Waals surface area contributed by atoms with E-state index >= 15 is 0 Å². The molecule has 100 valence electrons. The van der Waals surface area contributed by atoms with E-state index in [0.29, 0.717) is 29.0 Å². The van der Waals surface area contributed by atoms with Crippen LogP contribution in [0.2, 0.25) is 0 Å². The second-order valence-electron chi connectivity index (χ2n) is 4.67. The summed E-state index contributed by atoms with van der Waals surface area (Å²) in [6, 6.07) is 12.1. The number of anilines is 3. The van der Waals surface area contributed by atoms with Crippen molar-refractivity contribution >= 4 is 28.9 Å². The number of carbonyl (C=O) groups excluding carboxylic acids is 2. The molecule has 1 aliphatic rings. The lowest BCUT2D eigenvalue weighted by Crippen LogP contribution is -2.12. The summed E-state index contributed by atoms with van der Waals surface area (Å²) in [5.41, 5.74) is 9.03. The van der Waals surface area contributed by atoms with E-state index in [-0.39, 0.29) is 11.8 Å². The smallest absolute Gasteiger partial charge is 0.255 e. The van der Waals surface area contributed by atoms with Crippen LogP contribution in [-0.2, 0) is 11.2 Å². The molecule has 5 nitrogen and oxygen atoms in total. The minimum absolute atomic E-state index is 0.0453. The van der Waals surface area contributed by atoms with E-state index in [1.54, 1.807) is 42.5 Å². The summed E-state index contributed by atoms with van der Waals surface area (Å²) in [5, 5.41) is 5.51. The Morgan fingerprint density at radius 1 is 1.15 bits per heavy atom. The van der Waals surface area contributed by atoms with Gasteiger partial charge in [-0.25, -0.2) is 0 Å². The molecule has 0 spiro atoms. The molecular formula is C15H13N3O2. The molecule has 0 saturated heterocycles. The molecule has 0 aliphatic carbocycles. The van der Waals surface area contributed by atoms with Crippen LogP contribution < -0.4 is 16.4 Å². The van der Waals surface area contributed by atoms with Gasteiger partial charge in [0.15, 0.2) is 0 Å². The van der Waals surface area contributed by atoms with Gasteiger partial charge in [0.1, 0.15) is 0 Å². The molecule has 0 atom stereocenters. The van der Waals surface area contributed by atoms with Gasteiger partial charge < -0.3 is 16.4 Å². The number of carbonyl (C=O) groups is 2. The third kappa shape index (κ3) is 2.33. The number of nitrogens with one attached hydrogen (secondary N) is 2. The fourth-order valence-corrected chi connectivity index (χ4v) is 2.13. The second-order valence-corrected chi connectivity index (χ2v) is 4.67. The van der Waals surface area contributed by atoms with Gasteiger partial charge in [0.05, 0.1) is 6.42 Å². The molecule has 0 radical (unpaired) electrons. The lowest BCUT2D eigenvalue weighted by molar-refractivity contribution is -0.115. The van der Waals surface area contributed by atoms with Crippen molar-refractivity contribution in [2.75, 3.05) is 16.4 Å². The minimum Gasteiger partial charge on any atom is -0.399 e. The summed E-state index contributed by atoms with van der Waals surface area (Å²) in [4.78, 5) is 23.4. The van der Waals surface area contributed by atoms with Gasteiger partial charge in [-0.3, -0.25) is 9.59 Å². The molecule has 2 amide bonds. The number of hydrogen-bond acceptors (Lipinski definition) is 3. The van der Waals surface area contributed by atoms with Crippen molar-refractivity contribution in [3.05, 3.63) is 53.6 Å². The second kappa shape index (κ2) is 4.70. The quantitative estimate of drug-likeness (QED) is 0.728. The third-order valence-electron chi connectivity index (χ3n) is 3.17. The van der Waals surface area contributed by atoms with Crippen molar-refractivity contribution < 1.29 is 9.59 Å². The van der Waals surface area contributed by atoms with E-state index in [4.69, 9.17) is 5.73 Å². The zero-order chi connectivity index (χ0) is 14.1. The van der Waals surface area contributed by atoms with Crippen LogP contribution in [-0.4, -0.2) is 11.8 Å². The summed E-state index contributed by atoms with van der Waals surface area (Å²) < 4.78 is 0. The van der Waals surface area contributed by atoms with Crippen molar-refractivity contribution in [2.45, 2.75) is 6.42 Å². The molecular weight excluding hydrogens is 254 g/mol. The fourth-order valence-electron chi connectivity index (χ4n) is 2.13. The first-order valence-corrected chi connectivity index (χ1v) is 6.21. The van der Waals surface area contributed by atoms with E-state index in [2.05, 4.69) is 10.6 Å². The van der Waals surface area contributed by atoms with Crippen LogP contribution in [0, 0.1) is 0 Å². The first-order valence-electron chi connectivity index (χ1n) is 6.21. The topological polar surface area (TPSA) is 84.2 Å². The van der Waals surface area contributed by atoms with Crippen molar-refractivity contribution in [3.63, 3.8) is 0 Å². The van der Waals surface area contributed by atoms with Crippen molar-refractivity contribution in [2.24, 2.45) is 0 Å². The summed E-state index contributed by atoms with van der Waals surface area (Å²) in [6.07, 6.45) is 0.370. The molecule has 4 N–H and O–H groups in total. The van der Waals surface area contributed by atoms with Crippen LogP contribution in [0.25, 0.3) is 0 Å². The molecule has 0 aromatic heterocycles. The average Bonchev–Trinajstić information content (AvgIpc) is 2.80. The summed E-state index contributed by atoms with van der Waals surface area (Å²) in [5.74, 6) is -0.269.